The Kier molecular flexibility index (Phi) is 4.93. The Balaban J connectivity index is 2.63. The zero-order chi connectivity index (χ0) is 16.2. The second kappa shape index (κ2) is 6.71. The van der Waals surface area contributed by atoms with Crippen LogP contribution in [0.3, 0.4) is 0 Å². The number of hydrogen-bond acceptors (Lipinski definition) is 3. The summed E-state index contributed by atoms with van der Waals surface area (Å²) in [6.45, 7) is 2.09. The van der Waals surface area contributed by atoms with E-state index >= 15 is 0 Å². The molecular weight excluding hydrogens is 274 g/mol. The van der Waals surface area contributed by atoms with Crippen molar-refractivity contribution in [2.45, 2.75) is 24.8 Å². The standard InChI is InChI=1S/C18H23N3O/c1-14(21(2)3)13-18(17(19)22,15-9-5-4-6-10-15)16-11-7-8-12-20-16/h4-12,14H,13H2,1-3H3,(H2,19,22)/t14?,18-/m1/s1. The molecule has 1 heterocycles. The molecule has 0 spiro atoms. The van der Waals surface area contributed by atoms with Crippen LogP contribution in [0, 0.1) is 0 Å². The predicted molar refractivity (Wildman–Crippen MR) is 88.4 cm³/mol. The van der Waals surface area contributed by atoms with E-state index in [1.165, 1.54) is 0 Å². The van der Waals surface area contributed by atoms with Crippen LogP contribution in [-0.4, -0.2) is 35.9 Å². The molecule has 0 bridgehead atoms. The van der Waals surface area contributed by atoms with Crippen molar-refractivity contribution in [1.29, 1.82) is 0 Å². The Labute approximate surface area is 132 Å². The Morgan fingerprint density at radius 2 is 1.82 bits per heavy atom. The lowest BCUT2D eigenvalue weighted by Gasteiger charge is -2.35. The Hall–Kier alpha value is -2.20. The van der Waals surface area contributed by atoms with Crippen LogP contribution in [-0.2, 0) is 10.2 Å². The van der Waals surface area contributed by atoms with E-state index in [9.17, 15) is 4.79 Å². The van der Waals surface area contributed by atoms with Crippen LogP contribution in [0.4, 0.5) is 0 Å². The van der Waals surface area contributed by atoms with E-state index in [1.807, 2.05) is 62.6 Å². The van der Waals surface area contributed by atoms with Gasteiger partial charge in [0.2, 0.25) is 5.91 Å². The molecule has 0 radical (unpaired) electrons. The number of carbonyl (C=O) groups excluding carboxylic acids is 1. The highest BCUT2D eigenvalue weighted by Gasteiger charge is 2.43. The normalized spacial score (nSPS) is 15.3. The van der Waals surface area contributed by atoms with Crippen molar-refractivity contribution in [3.8, 4) is 0 Å². The number of nitrogens with two attached hydrogens (primary N) is 1. The van der Waals surface area contributed by atoms with Gasteiger partial charge in [0.1, 0.15) is 5.41 Å². The van der Waals surface area contributed by atoms with Crippen LogP contribution in [0.25, 0.3) is 0 Å². The first-order valence-corrected chi connectivity index (χ1v) is 7.42. The summed E-state index contributed by atoms with van der Waals surface area (Å²) in [5.74, 6) is -0.369. The minimum atomic E-state index is -0.924. The van der Waals surface area contributed by atoms with Gasteiger partial charge in [0.15, 0.2) is 0 Å². The van der Waals surface area contributed by atoms with Crippen LogP contribution in [0.1, 0.15) is 24.6 Å². The van der Waals surface area contributed by atoms with Crippen molar-refractivity contribution in [3.63, 3.8) is 0 Å². The number of primary amides is 1. The van der Waals surface area contributed by atoms with Crippen molar-refractivity contribution in [2.75, 3.05) is 14.1 Å². The monoisotopic (exact) mass is 297 g/mol. The number of hydrogen-bond donors (Lipinski definition) is 1. The molecule has 116 valence electrons. The summed E-state index contributed by atoms with van der Waals surface area (Å²) < 4.78 is 0. The second-order valence-electron chi connectivity index (χ2n) is 5.87. The number of benzene rings is 1. The maximum atomic E-state index is 12.5. The maximum Gasteiger partial charge on any atom is 0.234 e. The molecule has 1 amide bonds. The highest BCUT2D eigenvalue weighted by molar-refractivity contribution is 5.90. The molecule has 0 fully saturated rings. The number of aromatic nitrogens is 1. The Morgan fingerprint density at radius 3 is 2.32 bits per heavy atom. The van der Waals surface area contributed by atoms with E-state index in [0.717, 1.165) is 5.56 Å². The van der Waals surface area contributed by atoms with Crippen molar-refractivity contribution in [1.82, 2.24) is 9.88 Å². The number of carbonyl (C=O) groups is 1. The molecule has 1 aromatic carbocycles. The third-order valence-electron chi connectivity index (χ3n) is 4.27. The van der Waals surface area contributed by atoms with Crippen LogP contribution in [0.2, 0.25) is 0 Å². The minimum Gasteiger partial charge on any atom is -0.369 e. The van der Waals surface area contributed by atoms with Gasteiger partial charge in [0.05, 0.1) is 5.69 Å². The molecule has 0 saturated heterocycles. The molecule has 4 heteroatoms. The summed E-state index contributed by atoms with van der Waals surface area (Å²) in [6.07, 6.45) is 2.28. The average molecular weight is 297 g/mol. The van der Waals surface area contributed by atoms with E-state index in [0.29, 0.717) is 12.1 Å². The molecule has 0 aliphatic carbocycles. The van der Waals surface area contributed by atoms with Gasteiger partial charge in [-0.25, -0.2) is 0 Å². The lowest BCUT2D eigenvalue weighted by Crippen LogP contribution is -2.47. The van der Waals surface area contributed by atoms with Crippen LogP contribution in [0.15, 0.2) is 54.7 Å². The van der Waals surface area contributed by atoms with Crippen molar-refractivity contribution < 1.29 is 4.79 Å². The van der Waals surface area contributed by atoms with E-state index in [-0.39, 0.29) is 11.9 Å². The van der Waals surface area contributed by atoms with Gasteiger partial charge in [-0.15, -0.1) is 0 Å². The molecule has 1 unspecified atom stereocenters. The first kappa shape index (κ1) is 16.2. The smallest absolute Gasteiger partial charge is 0.234 e. The summed E-state index contributed by atoms with van der Waals surface area (Å²) in [7, 11) is 4.00. The molecule has 2 rings (SSSR count). The molecule has 2 N–H and O–H groups in total. The number of pyridine rings is 1. The van der Waals surface area contributed by atoms with Crippen LogP contribution in [0.5, 0.6) is 0 Å². The number of nitrogens with zero attached hydrogens (tertiary/aromatic N) is 2. The van der Waals surface area contributed by atoms with Gasteiger partial charge in [-0.1, -0.05) is 36.4 Å². The Morgan fingerprint density at radius 1 is 1.18 bits per heavy atom. The fraction of sp³-hybridized carbons (Fsp3) is 0.333. The summed E-state index contributed by atoms with van der Waals surface area (Å²) >= 11 is 0. The fourth-order valence-electron chi connectivity index (χ4n) is 2.70. The maximum absolute atomic E-state index is 12.5. The Bertz CT molecular complexity index is 571. The average Bonchev–Trinajstić information content (AvgIpc) is 2.53. The molecule has 1 aromatic heterocycles. The highest BCUT2D eigenvalue weighted by atomic mass is 16.1. The second-order valence-corrected chi connectivity index (χ2v) is 5.87. The lowest BCUT2D eigenvalue weighted by atomic mass is 9.72. The van der Waals surface area contributed by atoms with E-state index in [4.69, 9.17) is 5.73 Å². The van der Waals surface area contributed by atoms with Gasteiger partial charge in [-0.2, -0.15) is 0 Å². The van der Waals surface area contributed by atoms with Gasteiger partial charge >= 0.3 is 0 Å². The van der Waals surface area contributed by atoms with Gasteiger partial charge in [0.25, 0.3) is 0 Å². The van der Waals surface area contributed by atoms with Crippen molar-refractivity contribution >= 4 is 5.91 Å². The zero-order valence-electron chi connectivity index (χ0n) is 13.4. The first-order valence-electron chi connectivity index (χ1n) is 7.42. The molecule has 0 aliphatic heterocycles. The largest absolute Gasteiger partial charge is 0.369 e. The van der Waals surface area contributed by atoms with Crippen molar-refractivity contribution in [3.05, 3.63) is 66.0 Å². The molecule has 4 nitrogen and oxygen atoms in total. The quantitative estimate of drug-likeness (QED) is 0.889. The highest BCUT2D eigenvalue weighted by Crippen LogP contribution is 2.36. The molecule has 0 aliphatic rings. The molecule has 2 aromatic rings. The van der Waals surface area contributed by atoms with Gasteiger partial charge < -0.3 is 10.6 Å². The summed E-state index contributed by atoms with van der Waals surface area (Å²) in [5, 5.41) is 0. The lowest BCUT2D eigenvalue weighted by molar-refractivity contribution is -0.122. The summed E-state index contributed by atoms with van der Waals surface area (Å²) in [5.41, 5.74) is 6.54. The molecule has 22 heavy (non-hydrogen) atoms. The van der Waals surface area contributed by atoms with E-state index in [2.05, 4.69) is 16.8 Å². The van der Waals surface area contributed by atoms with Crippen LogP contribution < -0.4 is 5.73 Å². The summed E-state index contributed by atoms with van der Waals surface area (Å²) in [4.78, 5) is 19.1. The molecule has 2 atom stereocenters. The minimum absolute atomic E-state index is 0.176. The fourth-order valence-corrected chi connectivity index (χ4v) is 2.70. The van der Waals surface area contributed by atoms with Crippen LogP contribution >= 0.6 is 0 Å². The predicted octanol–water partition coefficient (Wildman–Crippen LogP) is 2.19. The third kappa shape index (κ3) is 3.02. The SMILES string of the molecule is CC(C[C@@](C(N)=O)(c1ccccc1)c1ccccn1)N(C)C. The summed E-state index contributed by atoms with van der Waals surface area (Å²) in [6, 6.07) is 15.5. The molecular formula is C18H23N3O. The van der Waals surface area contributed by atoms with E-state index in [1.54, 1.807) is 6.20 Å². The number of rotatable bonds is 6. The zero-order valence-corrected chi connectivity index (χ0v) is 13.4. The first-order chi connectivity index (χ1) is 10.5. The number of amides is 1. The van der Waals surface area contributed by atoms with Gasteiger partial charge in [-0.05, 0) is 45.1 Å². The third-order valence-corrected chi connectivity index (χ3v) is 4.27. The molecule has 0 saturated carbocycles. The van der Waals surface area contributed by atoms with Crippen molar-refractivity contribution in [2.24, 2.45) is 5.73 Å². The van der Waals surface area contributed by atoms with Gasteiger partial charge in [0, 0.05) is 12.2 Å². The van der Waals surface area contributed by atoms with Gasteiger partial charge in [-0.3, -0.25) is 9.78 Å². The topological polar surface area (TPSA) is 59.2 Å². The van der Waals surface area contributed by atoms with E-state index < -0.39 is 5.41 Å².